The van der Waals surface area contributed by atoms with Gasteiger partial charge in [-0.3, -0.25) is 4.79 Å². The molecule has 4 rings (SSSR count). The highest BCUT2D eigenvalue weighted by Gasteiger charge is 2.40. The highest BCUT2D eigenvalue weighted by molar-refractivity contribution is 9.10. The number of carbonyl (C=O) groups is 1. The van der Waals surface area contributed by atoms with Gasteiger partial charge in [0.05, 0.1) is 10.6 Å². The molecule has 122 valence electrons. The molecule has 2 aromatic rings. The van der Waals surface area contributed by atoms with Gasteiger partial charge in [0, 0.05) is 15.4 Å². The second kappa shape index (κ2) is 5.82. The number of hydrogen-bond donors (Lipinski definition) is 0. The van der Waals surface area contributed by atoms with Gasteiger partial charge in [-0.2, -0.15) is 4.99 Å². The first-order valence-electron chi connectivity index (χ1n) is 6.86. The van der Waals surface area contributed by atoms with Gasteiger partial charge in [0.25, 0.3) is 12.3 Å². The topological polar surface area (TPSA) is 54.7 Å². The maximum absolute atomic E-state index is 13.0. The van der Waals surface area contributed by atoms with E-state index in [1.54, 1.807) is 6.92 Å². The average Bonchev–Trinajstić information content (AvgIpc) is 3.11. The highest BCUT2D eigenvalue weighted by Crippen LogP contribution is 2.41. The van der Waals surface area contributed by atoms with Crippen LogP contribution in [-0.4, -0.2) is 27.7 Å². The Morgan fingerprint density at radius 1 is 1.29 bits per heavy atom. The zero-order valence-corrected chi connectivity index (χ0v) is 15.3. The number of pyridine rings is 1. The Morgan fingerprint density at radius 2 is 2.08 bits per heavy atom. The molecular weight excluding hydrogens is 420 g/mol. The normalized spacial score (nSPS) is 19.2. The number of thioether (sulfide) groups is 1. The van der Waals surface area contributed by atoms with Crippen LogP contribution in [0.2, 0.25) is 0 Å². The minimum absolute atomic E-state index is 0.284. The van der Waals surface area contributed by atoms with Crippen LogP contribution >= 0.6 is 39.0 Å². The summed E-state index contributed by atoms with van der Waals surface area (Å²) in [7, 11) is 0. The second-order valence-electron chi connectivity index (χ2n) is 5.24. The number of thiophene rings is 1. The Labute approximate surface area is 152 Å². The van der Waals surface area contributed by atoms with E-state index >= 15 is 0 Å². The van der Waals surface area contributed by atoms with Crippen LogP contribution < -0.4 is 0 Å². The summed E-state index contributed by atoms with van der Waals surface area (Å²) in [5.74, 6) is 0.0215. The van der Waals surface area contributed by atoms with Crippen molar-refractivity contribution in [1.29, 1.82) is 0 Å². The molecule has 0 N–H and O–H groups in total. The Kier molecular flexibility index (Phi) is 3.89. The maximum Gasteiger partial charge on any atom is 0.280 e. The molecular formula is C15H8BrF2N3OS2. The average molecular weight is 428 g/mol. The van der Waals surface area contributed by atoms with Gasteiger partial charge in [0.2, 0.25) is 0 Å². The number of aryl methyl sites for hydroxylation is 1. The Hall–Kier alpha value is -1.45. The number of aromatic nitrogens is 1. The van der Waals surface area contributed by atoms with Crippen LogP contribution in [0.3, 0.4) is 0 Å². The van der Waals surface area contributed by atoms with Crippen molar-refractivity contribution in [2.75, 3.05) is 0 Å². The van der Waals surface area contributed by atoms with Crippen LogP contribution in [0.5, 0.6) is 0 Å². The predicted octanol–water partition coefficient (Wildman–Crippen LogP) is 4.40. The minimum atomic E-state index is -2.65. The second-order valence-corrected chi connectivity index (χ2v) is 8.16. The standard InChI is InChI=1S/C15H8BrF2N3OS2/c1-5-2-7(12(17)18)19-15-9(5)10-11(24-15)14(22)21-13(20-10)8-3-6(16)4-23-8/h2-4,11-12H,1H3. The molecule has 2 aliphatic rings. The number of aliphatic imine (C=N–C) groups is 2. The fourth-order valence-corrected chi connectivity index (χ4v) is 5.16. The van der Waals surface area contributed by atoms with E-state index in [1.165, 1.54) is 17.4 Å². The molecule has 0 aliphatic carbocycles. The number of halogens is 3. The summed E-state index contributed by atoms with van der Waals surface area (Å²) in [6.45, 7) is 1.73. The van der Waals surface area contributed by atoms with Crippen molar-refractivity contribution >= 4 is 56.5 Å². The largest absolute Gasteiger partial charge is 0.280 e. The molecule has 1 atom stereocenters. The van der Waals surface area contributed by atoms with Gasteiger partial charge in [-0.05, 0) is 40.5 Å². The molecule has 0 fully saturated rings. The fraction of sp³-hybridized carbons (Fsp3) is 0.200. The fourth-order valence-electron chi connectivity index (χ4n) is 2.60. The first-order chi connectivity index (χ1) is 11.4. The quantitative estimate of drug-likeness (QED) is 0.713. The number of carbonyl (C=O) groups excluding carboxylic acids is 1. The number of rotatable bonds is 2. The monoisotopic (exact) mass is 427 g/mol. The van der Waals surface area contributed by atoms with Crippen LogP contribution in [-0.2, 0) is 4.79 Å². The number of alkyl halides is 2. The van der Waals surface area contributed by atoms with Gasteiger partial charge in [-0.25, -0.2) is 18.8 Å². The zero-order valence-electron chi connectivity index (χ0n) is 12.1. The SMILES string of the molecule is Cc1cc(C(F)F)nc2c1C1=NC(c3cc(Br)cs3)=NC(=O)C1S2. The van der Waals surface area contributed by atoms with Crippen molar-refractivity contribution in [3.8, 4) is 0 Å². The number of fused-ring (bicyclic) bond motifs is 3. The lowest BCUT2D eigenvalue weighted by Gasteiger charge is -2.13. The summed E-state index contributed by atoms with van der Waals surface area (Å²) in [6.07, 6.45) is -2.65. The third-order valence-electron chi connectivity index (χ3n) is 3.62. The first-order valence-corrected chi connectivity index (χ1v) is 9.41. The Morgan fingerprint density at radius 3 is 2.75 bits per heavy atom. The maximum atomic E-state index is 13.0. The summed E-state index contributed by atoms with van der Waals surface area (Å²) in [4.78, 5) is 25.8. The molecule has 2 aromatic heterocycles. The number of nitrogens with zero attached hydrogens (tertiary/aromatic N) is 3. The molecule has 0 spiro atoms. The van der Waals surface area contributed by atoms with E-state index in [2.05, 4.69) is 30.9 Å². The van der Waals surface area contributed by atoms with Gasteiger partial charge in [-0.15, -0.1) is 11.3 Å². The predicted molar refractivity (Wildman–Crippen MR) is 93.7 cm³/mol. The first kappa shape index (κ1) is 16.0. The van der Waals surface area contributed by atoms with Gasteiger partial charge in [0.1, 0.15) is 16.0 Å². The smallest absolute Gasteiger partial charge is 0.271 e. The molecule has 4 heterocycles. The summed E-state index contributed by atoms with van der Waals surface area (Å²) in [5, 5.41) is 1.70. The van der Waals surface area contributed by atoms with E-state index < -0.39 is 11.7 Å². The van der Waals surface area contributed by atoms with Crippen molar-refractivity contribution in [1.82, 2.24) is 4.98 Å². The third kappa shape index (κ3) is 2.55. The molecule has 1 amide bonds. The van der Waals surface area contributed by atoms with E-state index in [0.717, 1.165) is 21.1 Å². The molecule has 4 nitrogen and oxygen atoms in total. The lowest BCUT2D eigenvalue weighted by atomic mass is 10.0. The van der Waals surface area contributed by atoms with Crippen molar-refractivity contribution in [3.05, 3.63) is 43.7 Å². The minimum Gasteiger partial charge on any atom is -0.271 e. The van der Waals surface area contributed by atoms with Crippen molar-refractivity contribution in [2.24, 2.45) is 9.98 Å². The zero-order chi connectivity index (χ0) is 17.0. The van der Waals surface area contributed by atoms with Gasteiger partial charge in [0.15, 0.2) is 5.84 Å². The van der Waals surface area contributed by atoms with E-state index in [1.807, 2.05) is 11.4 Å². The lowest BCUT2D eigenvalue weighted by Crippen LogP contribution is -2.28. The Bertz CT molecular complexity index is 939. The third-order valence-corrected chi connectivity index (χ3v) is 6.48. The van der Waals surface area contributed by atoms with Gasteiger partial charge < -0.3 is 0 Å². The Balaban J connectivity index is 1.84. The molecule has 0 bridgehead atoms. The number of amidine groups is 1. The van der Waals surface area contributed by atoms with E-state index in [-0.39, 0.29) is 11.6 Å². The number of amides is 1. The van der Waals surface area contributed by atoms with Crippen LogP contribution in [0.25, 0.3) is 0 Å². The van der Waals surface area contributed by atoms with Crippen LogP contribution in [0.15, 0.2) is 37.0 Å². The molecule has 0 radical (unpaired) electrons. The van der Waals surface area contributed by atoms with Crippen molar-refractivity contribution < 1.29 is 13.6 Å². The summed E-state index contributed by atoms with van der Waals surface area (Å²) >= 11 is 5.93. The molecule has 0 saturated heterocycles. The van der Waals surface area contributed by atoms with Crippen LogP contribution in [0.1, 0.15) is 28.1 Å². The lowest BCUT2D eigenvalue weighted by molar-refractivity contribution is -0.116. The van der Waals surface area contributed by atoms with Crippen molar-refractivity contribution in [3.63, 3.8) is 0 Å². The van der Waals surface area contributed by atoms with Gasteiger partial charge in [-0.1, -0.05) is 11.8 Å². The molecule has 9 heteroatoms. The van der Waals surface area contributed by atoms with Crippen molar-refractivity contribution in [2.45, 2.75) is 23.6 Å². The molecule has 0 aromatic carbocycles. The summed E-state index contributed by atoms with van der Waals surface area (Å²) in [6, 6.07) is 3.20. The number of hydrogen-bond acceptors (Lipinski definition) is 5. The van der Waals surface area contributed by atoms with E-state index in [9.17, 15) is 13.6 Å². The molecule has 24 heavy (non-hydrogen) atoms. The summed E-state index contributed by atoms with van der Waals surface area (Å²) in [5.41, 5.74) is 1.59. The van der Waals surface area contributed by atoms with E-state index in [4.69, 9.17) is 0 Å². The van der Waals surface area contributed by atoms with Gasteiger partial charge >= 0.3 is 0 Å². The van der Waals surface area contributed by atoms with Crippen LogP contribution in [0.4, 0.5) is 8.78 Å². The van der Waals surface area contributed by atoms with E-state index in [0.29, 0.717) is 27.7 Å². The highest BCUT2D eigenvalue weighted by atomic mass is 79.9. The molecule has 0 saturated carbocycles. The molecule has 2 aliphatic heterocycles. The summed E-state index contributed by atoms with van der Waals surface area (Å²) < 4.78 is 26.8. The van der Waals surface area contributed by atoms with Crippen LogP contribution in [0, 0.1) is 6.92 Å². The molecule has 1 unspecified atom stereocenters.